The lowest BCUT2D eigenvalue weighted by atomic mass is 9.95. The third-order valence-electron chi connectivity index (χ3n) is 6.76. The molecule has 0 unspecified atom stereocenters. The van der Waals surface area contributed by atoms with Crippen LogP contribution in [0.4, 0.5) is 11.6 Å². The highest BCUT2D eigenvalue weighted by Gasteiger charge is 2.34. The number of carbonyl (C=O) groups excluding carboxylic acids is 1. The first-order valence-corrected chi connectivity index (χ1v) is 13.5. The highest BCUT2D eigenvalue weighted by Crippen LogP contribution is 2.38. The monoisotopic (exact) mass is 525 g/mol. The van der Waals surface area contributed by atoms with E-state index in [1.54, 1.807) is 18.9 Å². The van der Waals surface area contributed by atoms with Crippen molar-refractivity contribution in [2.75, 3.05) is 17.7 Å². The van der Waals surface area contributed by atoms with Crippen molar-refractivity contribution in [1.82, 2.24) is 14.8 Å². The zero-order valence-electron chi connectivity index (χ0n) is 22.2. The molecule has 1 aliphatic heterocycles. The quantitative estimate of drug-likeness (QED) is 0.271. The van der Waals surface area contributed by atoms with Crippen molar-refractivity contribution >= 4 is 29.3 Å². The molecule has 0 saturated carbocycles. The van der Waals surface area contributed by atoms with E-state index in [0.29, 0.717) is 16.7 Å². The predicted octanol–water partition coefficient (Wildman–Crippen LogP) is 6.43. The number of hydrogen-bond donors (Lipinski definition) is 2. The van der Waals surface area contributed by atoms with Gasteiger partial charge in [-0.25, -0.2) is 4.68 Å². The fourth-order valence-electron chi connectivity index (χ4n) is 4.58. The summed E-state index contributed by atoms with van der Waals surface area (Å²) in [6.07, 6.45) is 0. The van der Waals surface area contributed by atoms with Gasteiger partial charge in [0.05, 0.1) is 12.7 Å². The van der Waals surface area contributed by atoms with Gasteiger partial charge in [0.1, 0.15) is 11.8 Å². The van der Waals surface area contributed by atoms with Crippen molar-refractivity contribution in [3.8, 4) is 5.75 Å². The van der Waals surface area contributed by atoms with Gasteiger partial charge in [-0.05, 0) is 68.1 Å². The standard InChI is InChI=1S/C30H31N5O2S/c1-18-10-11-19(2)23(16-18)17-38-30-33-29-31-21(4)26(28(36)32-25-9-7-6-8-20(25)3)27(35(29)34-30)22-12-14-24(37-5)15-13-22/h6-16,27H,17H2,1-5H3,(H,32,36)(H,31,33,34)/t27-/m1/s1. The number of thioether (sulfide) groups is 1. The van der Waals surface area contributed by atoms with E-state index in [9.17, 15) is 4.79 Å². The summed E-state index contributed by atoms with van der Waals surface area (Å²) >= 11 is 1.59. The number of rotatable bonds is 7. The van der Waals surface area contributed by atoms with E-state index in [2.05, 4.69) is 42.7 Å². The molecule has 8 heteroatoms. The summed E-state index contributed by atoms with van der Waals surface area (Å²) in [6, 6.07) is 21.5. The van der Waals surface area contributed by atoms with Gasteiger partial charge in [-0.3, -0.25) is 4.79 Å². The van der Waals surface area contributed by atoms with Crippen LogP contribution < -0.4 is 15.4 Å². The van der Waals surface area contributed by atoms with E-state index in [0.717, 1.165) is 34.0 Å². The van der Waals surface area contributed by atoms with Gasteiger partial charge in [-0.1, -0.05) is 65.9 Å². The molecular weight excluding hydrogens is 494 g/mol. The average Bonchev–Trinajstić information content (AvgIpc) is 3.32. The molecule has 0 fully saturated rings. The van der Waals surface area contributed by atoms with E-state index in [1.807, 2.05) is 67.1 Å². The molecule has 1 atom stereocenters. The van der Waals surface area contributed by atoms with Crippen LogP contribution in [0.5, 0.6) is 5.75 Å². The van der Waals surface area contributed by atoms with Gasteiger partial charge < -0.3 is 15.4 Å². The number of benzene rings is 3. The zero-order chi connectivity index (χ0) is 26.8. The summed E-state index contributed by atoms with van der Waals surface area (Å²) in [4.78, 5) is 18.5. The Balaban J connectivity index is 1.50. The number of ether oxygens (including phenoxy) is 1. The Hall–Kier alpha value is -4.04. The normalized spacial score (nSPS) is 14.6. The van der Waals surface area contributed by atoms with Crippen LogP contribution in [0.15, 0.2) is 83.2 Å². The number of nitrogens with one attached hydrogen (secondary N) is 2. The molecule has 194 valence electrons. The van der Waals surface area contributed by atoms with Gasteiger partial charge >= 0.3 is 0 Å². The van der Waals surface area contributed by atoms with Gasteiger partial charge in [-0.2, -0.15) is 4.98 Å². The molecule has 0 bridgehead atoms. The minimum Gasteiger partial charge on any atom is -0.497 e. The summed E-state index contributed by atoms with van der Waals surface area (Å²) in [5.41, 5.74) is 7.75. The molecule has 7 nitrogen and oxygen atoms in total. The molecule has 2 heterocycles. The number of allylic oxidation sites excluding steroid dienone is 1. The molecule has 0 spiro atoms. The maximum absolute atomic E-state index is 13.7. The molecule has 4 aromatic rings. The fraction of sp³-hybridized carbons (Fsp3) is 0.233. The number of anilines is 2. The number of fused-ring (bicyclic) bond motifs is 1. The molecule has 0 saturated heterocycles. The van der Waals surface area contributed by atoms with Crippen LogP contribution in [0.2, 0.25) is 0 Å². The summed E-state index contributed by atoms with van der Waals surface area (Å²) in [5.74, 6) is 1.94. The Morgan fingerprint density at radius 3 is 2.53 bits per heavy atom. The smallest absolute Gasteiger partial charge is 0.255 e. The third-order valence-corrected chi connectivity index (χ3v) is 7.65. The predicted molar refractivity (Wildman–Crippen MR) is 153 cm³/mol. The molecule has 0 radical (unpaired) electrons. The number of carbonyl (C=O) groups is 1. The van der Waals surface area contributed by atoms with E-state index < -0.39 is 6.04 Å². The first-order valence-electron chi connectivity index (χ1n) is 12.5. The lowest BCUT2D eigenvalue weighted by molar-refractivity contribution is -0.113. The summed E-state index contributed by atoms with van der Waals surface area (Å²) < 4.78 is 7.18. The number of aryl methyl sites for hydroxylation is 3. The van der Waals surface area contributed by atoms with Gasteiger partial charge in [0, 0.05) is 17.1 Å². The van der Waals surface area contributed by atoms with Crippen LogP contribution in [0.3, 0.4) is 0 Å². The average molecular weight is 526 g/mol. The van der Waals surface area contributed by atoms with Gasteiger partial charge in [-0.15, -0.1) is 5.10 Å². The number of para-hydroxylation sites is 1. The van der Waals surface area contributed by atoms with Crippen molar-refractivity contribution in [2.24, 2.45) is 0 Å². The lowest BCUT2D eigenvalue weighted by Crippen LogP contribution is -2.31. The van der Waals surface area contributed by atoms with Crippen molar-refractivity contribution < 1.29 is 9.53 Å². The van der Waals surface area contributed by atoms with Gasteiger partial charge in [0.15, 0.2) is 0 Å². The SMILES string of the molecule is COc1ccc([C@@H]2C(C(=O)Nc3ccccc3C)=C(C)Nc3nc(SCc4cc(C)ccc4C)nn32)cc1. The van der Waals surface area contributed by atoms with E-state index >= 15 is 0 Å². The maximum atomic E-state index is 13.7. The second-order valence-electron chi connectivity index (χ2n) is 9.49. The van der Waals surface area contributed by atoms with Crippen LogP contribution in [-0.2, 0) is 10.5 Å². The minimum absolute atomic E-state index is 0.184. The Kier molecular flexibility index (Phi) is 7.24. The lowest BCUT2D eigenvalue weighted by Gasteiger charge is -2.29. The maximum Gasteiger partial charge on any atom is 0.255 e. The Bertz CT molecular complexity index is 1520. The Morgan fingerprint density at radius 1 is 1.03 bits per heavy atom. The van der Waals surface area contributed by atoms with Crippen LogP contribution in [0, 0.1) is 20.8 Å². The molecule has 3 aromatic carbocycles. The first kappa shape index (κ1) is 25.6. The molecule has 0 aliphatic carbocycles. The molecule has 1 amide bonds. The number of hydrogen-bond acceptors (Lipinski definition) is 6. The highest BCUT2D eigenvalue weighted by atomic mass is 32.2. The Morgan fingerprint density at radius 2 is 1.79 bits per heavy atom. The first-order chi connectivity index (χ1) is 18.3. The molecule has 38 heavy (non-hydrogen) atoms. The van der Waals surface area contributed by atoms with Crippen LogP contribution >= 0.6 is 11.8 Å². The number of amides is 1. The van der Waals surface area contributed by atoms with E-state index in [4.69, 9.17) is 14.8 Å². The topological polar surface area (TPSA) is 81.1 Å². The largest absolute Gasteiger partial charge is 0.497 e. The van der Waals surface area contributed by atoms with Crippen molar-refractivity contribution in [3.63, 3.8) is 0 Å². The van der Waals surface area contributed by atoms with Gasteiger partial charge in [0.2, 0.25) is 11.1 Å². The second-order valence-corrected chi connectivity index (χ2v) is 10.4. The zero-order valence-corrected chi connectivity index (χ0v) is 23.0. The fourth-order valence-corrected chi connectivity index (χ4v) is 5.47. The molecular formula is C30H31N5O2S. The van der Waals surface area contributed by atoms with Crippen LogP contribution in [-0.4, -0.2) is 27.8 Å². The number of aromatic nitrogens is 3. The number of methoxy groups -OCH3 is 1. The Labute approximate surface area is 227 Å². The molecule has 5 rings (SSSR count). The van der Waals surface area contributed by atoms with Crippen LogP contribution in [0.25, 0.3) is 0 Å². The van der Waals surface area contributed by atoms with Crippen LogP contribution in [0.1, 0.15) is 40.8 Å². The van der Waals surface area contributed by atoms with Crippen molar-refractivity contribution in [1.29, 1.82) is 0 Å². The summed E-state index contributed by atoms with van der Waals surface area (Å²) in [6.45, 7) is 8.10. The van der Waals surface area contributed by atoms with Crippen molar-refractivity contribution in [3.05, 3.63) is 106 Å². The summed E-state index contributed by atoms with van der Waals surface area (Å²) in [5, 5.41) is 11.9. The van der Waals surface area contributed by atoms with E-state index in [-0.39, 0.29) is 5.91 Å². The molecule has 2 N–H and O–H groups in total. The second kappa shape index (κ2) is 10.8. The van der Waals surface area contributed by atoms with E-state index in [1.165, 1.54) is 16.7 Å². The molecule has 1 aromatic heterocycles. The third kappa shape index (κ3) is 5.17. The minimum atomic E-state index is -0.455. The number of nitrogens with zero attached hydrogens (tertiary/aromatic N) is 3. The summed E-state index contributed by atoms with van der Waals surface area (Å²) in [7, 11) is 1.64. The highest BCUT2D eigenvalue weighted by molar-refractivity contribution is 7.98. The van der Waals surface area contributed by atoms with Crippen molar-refractivity contribution in [2.45, 2.75) is 44.6 Å². The molecule has 1 aliphatic rings. The van der Waals surface area contributed by atoms with Gasteiger partial charge in [0.25, 0.3) is 5.91 Å².